The van der Waals surface area contributed by atoms with E-state index in [2.05, 4.69) is 5.32 Å². The highest BCUT2D eigenvalue weighted by atomic mass is 16.6. The molecule has 0 aliphatic heterocycles. The largest absolute Gasteiger partial charge is 0.444 e. The number of alkyl carbamates (subject to hydrolysis) is 1. The van der Waals surface area contributed by atoms with E-state index in [1.54, 1.807) is 27.7 Å². The summed E-state index contributed by atoms with van der Waals surface area (Å²) in [6, 6.07) is 0. The molecule has 0 aliphatic rings. The fourth-order valence-electron chi connectivity index (χ4n) is 1.08. The Morgan fingerprint density at radius 1 is 1.47 bits per heavy atom. The Morgan fingerprint density at radius 3 is 2.47 bits per heavy atom. The van der Waals surface area contributed by atoms with Gasteiger partial charge < -0.3 is 20.6 Å². The fourth-order valence-corrected chi connectivity index (χ4v) is 1.08. The van der Waals surface area contributed by atoms with Crippen LogP contribution in [0.5, 0.6) is 0 Å². The van der Waals surface area contributed by atoms with Gasteiger partial charge in [0.1, 0.15) is 11.8 Å². The number of hydrogen-bond acceptors (Lipinski definition) is 5. The summed E-state index contributed by atoms with van der Waals surface area (Å²) in [5.41, 5.74) is 5.18. The van der Waals surface area contributed by atoms with Crippen LogP contribution in [0.4, 0.5) is 4.79 Å². The minimum absolute atomic E-state index is 0.319. The van der Waals surface area contributed by atoms with Crippen LogP contribution >= 0.6 is 0 Å². The molecule has 0 radical (unpaired) electrons. The molecule has 1 unspecified atom stereocenters. The van der Waals surface area contributed by atoms with Gasteiger partial charge in [0.2, 0.25) is 0 Å². The second-order valence-electron chi connectivity index (χ2n) is 4.78. The molecule has 0 aliphatic carbocycles. The van der Waals surface area contributed by atoms with Crippen molar-refractivity contribution in [2.24, 2.45) is 5.73 Å². The van der Waals surface area contributed by atoms with Crippen molar-refractivity contribution in [1.29, 1.82) is 5.41 Å². The summed E-state index contributed by atoms with van der Waals surface area (Å²) in [4.78, 5) is 11.5. The summed E-state index contributed by atoms with van der Waals surface area (Å²) in [7, 11) is 0. The second-order valence-corrected chi connectivity index (χ2v) is 4.78. The van der Waals surface area contributed by atoms with Crippen molar-refractivity contribution in [1.82, 2.24) is 5.32 Å². The maximum atomic E-state index is 11.5. The van der Waals surface area contributed by atoms with Crippen molar-refractivity contribution in [3.8, 4) is 0 Å². The van der Waals surface area contributed by atoms with Gasteiger partial charge in [-0.15, -0.1) is 0 Å². The first-order chi connectivity index (χ1) is 7.74. The van der Waals surface area contributed by atoms with E-state index in [0.29, 0.717) is 25.3 Å². The van der Waals surface area contributed by atoms with Crippen molar-refractivity contribution < 1.29 is 14.3 Å². The summed E-state index contributed by atoms with van der Waals surface area (Å²) in [6.07, 6.45) is -0.800. The maximum Gasteiger partial charge on any atom is 0.409 e. The number of ether oxygens (including phenoxy) is 2. The Balaban J connectivity index is 4.21. The van der Waals surface area contributed by atoms with Gasteiger partial charge in [0.15, 0.2) is 0 Å². The lowest BCUT2D eigenvalue weighted by Crippen LogP contribution is -2.42. The normalized spacial score (nSPS) is 13.0. The Labute approximate surface area is 102 Å². The summed E-state index contributed by atoms with van der Waals surface area (Å²) >= 11 is 0. The molecule has 4 N–H and O–H groups in total. The van der Waals surface area contributed by atoms with Gasteiger partial charge in [-0.3, -0.25) is 5.32 Å². The third kappa shape index (κ3) is 9.77. The number of hydrogen-bond donors (Lipinski definition) is 3. The highest BCUT2D eigenvalue weighted by molar-refractivity contribution is 5.79. The van der Waals surface area contributed by atoms with E-state index in [4.69, 9.17) is 20.6 Å². The number of nitrogens with two attached hydrogens (primary N) is 1. The monoisotopic (exact) mass is 245 g/mol. The molecular weight excluding hydrogens is 222 g/mol. The van der Waals surface area contributed by atoms with Gasteiger partial charge in [0.05, 0.1) is 6.61 Å². The smallest absolute Gasteiger partial charge is 0.409 e. The molecule has 0 aromatic rings. The number of amides is 1. The molecule has 17 heavy (non-hydrogen) atoms. The first-order valence-electron chi connectivity index (χ1n) is 5.60. The van der Waals surface area contributed by atoms with Gasteiger partial charge in [0, 0.05) is 18.7 Å². The van der Waals surface area contributed by atoms with Crippen molar-refractivity contribution in [2.75, 3.05) is 13.2 Å². The molecule has 0 saturated carbocycles. The van der Waals surface area contributed by atoms with E-state index in [0.717, 1.165) is 0 Å². The Morgan fingerprint density at radius 2 is 2.06 bits per heavy atom. The van der Waals surface area contributed by atoms with Crippen LogP contribution in [0.15, 0.2) is 0 Å². The lowest BCUT2D eigenvalue weighted by molar-refractivity contribution is 0.0113. The summed E-state index contributed by atoms with van der Waals surface area (Å²) in [5, 5.41) is 9.94. The lowest BCUT2D eigenvalue weighted by atomic mass is 10.2. The number of nitrogens with one attached hydrogen (secondary N) is 2. The third-order valence-electron chi connectivity index (χ3n) is 1.61. The van der Waals surface area contributed by atoms with E-state index in [9.17, 15) is 4.79 Å². The molecule has 1 atom stereocenters. The molecule has 0 rings (SSSR count). The van der Waals surface area contributed by atoms with Gasteiger partial charge in [-0.05, 0) is 27.7 Å². The summed E-state index contributed by atoms with van der Waals surface area (Å²) in [5.74, 6) is 0. The molecule has 6 heteroatoms. The van der Waals surface area contributed by atoms with Crippen LogP contribution in [0.2, 0.25) is 0 Å². The standard InChI is InChI=1S/C11H23N3O3/c1-8(13)7-9(16-6-5-12)14-10(15)17-11(2,3)4/h9,13H,5-7,12H2,1-4H3,(H,14,15). The van der Waals surface area contributed by atoms with Gasteiger partial charge >= 0.3 is 6.09 Å². The van der Waals surface area contributed by atoms with Gasteiger partial charge in [-0.2, -0.15) is 0 Å². The second kappa shape index (κ2) is 7.24. The van der Waals surface area contributed by atoms with Crippen LogP contribution in [-0.2, 0) is 9.47 Å². The Bertz CT molecular complexity index is 261. The van der Waals surface area contributed by atoms with Crippen LogP contribution in [0.25, 0.3) is 0 Å². The third-order valence-corrected chi connectivity index (χ3v) is 1.61. The topological polar surface area (TPSA) is 97.4 Å². The maximum absolute atomic E-state index is 11.5. The SMILES string of the molecule is CC(=N)CC(NC(=O)OC(C)(C)C)OCCN. The highest BCUT2D eigenvalue weighted by Crippen LogP contribution is 2.07. The molecule has 0 aromatic carbocycles. The lowest BCUT2D eigenvalue weighted by Gasteiger charge is -2.23. The van der Waals surface area contributed by atoms with Crippen LogP contribution in [0.3, 0.4) is 0 Å². The number of rotatable bonds is 6. The fraction of sp³-hybridized carbons (Fsp3) is 0.818. The summed E-state index contributed by atoms with van der Waals surface area (Å²) < 4.78 is 10.4. The van der Waals surface area contributed by atoms with Crippen molar-refractivity contribution in [3.05, 3.63) is 0 Å². The van der Waals surface area contributed by atoms with Crippen molar-refractivity contribution in [3.63, 3.8) is 0 Å². The van der Waals surface area contributed by atoms with Crippen LogP contribution in [0, 0.1) is 5.41 Å². The molecular formula is C11H23N3O3. The molecule has 1 amide bonds. The van der Waals surface area contributed by atoms with E-state index < -0.39 is 17.9 Å². The van der Waals surface area contributed by atoms with Crippen LogP contribution in [0.1, 0.15) is 34.1 Å². The Kier molecular flexibility index (Phi) is 6.75. The molecule has 0 heterocycles. The Hall–Kier alpha value is -1.14. The molecule has 6 nitrogen and oxygen atoms in total. The minimum Gasteiger partial charge on any atom is -0.444 e. The van der Waals surface area contributed by atoms with Crippen LogP contribution in [-0.4, -0.2) is 36.8 Å². The minimum atomic E-state index is -0.564. The first kappa shape index (κ1) is 15.9. The number of carbonyl (C=O) groups is 1. The van der Waals surface area contributed by atoms with E-state index >= 15 is 0 Å². The highest BCUT2D eigenvalue weighted by Gasteiger charge is 2.19. The quantitative estimate of drug-likeness (QED) is 0.484. The van der Waals surface area contributed by atoms with Gasteiger partial charge in [-0.25, -0.2) is 4.79 Å². The predicted octanol–water partition coefficient (Wildman–Crippen LogP) is 1.24. The number of carbonyl (C=O) groups excluding carboxylic acids is 1. The molecule has 0 aromatic heterocycles. The average molecular weight is 245 g/mol. The molecule has 0 bridgehead atoms. The average Bonchev–Trinajstić information content (AvgIpc) is 2.09. The van der Waals surface area contributed by atoms with E-state index in [1.165, 1.54) is 0 Å². The summed E-state index contributed by atoms with van der Waals surface area (Å²) in [6.45, 7) is 7.69. The van der Waals surface area contributed by atoms with Gasteiger partial charge in [0.25, 0.3) is 0 Å². The van der Waals surface area contributed by atoms with Crippen LogP contribution < -0.4 is 11.1 Å². The van der Waals surface area contributed by atoms with Crippen molar-refractivity contribution in [2.45, 2.75) is 45.9 Å². The molecule has 0 saturated heterocycles. The molecule has 0 spiro atoms. The first-order valence-corrected chi connectivity index (χ1v) is 5.60. The van der Waals surface area contributed by atoms with E-state index in [-0.39, 0.29) is 0 Å². The molecule has 100 valence electrons. The predicted molar refractivity (Wildman–Crippen MR) is 66.2 cm³/mol. The van der Waals surface area contributed by atoms with Crippen molar-refractivity contribution >= 4 is 11.8 Å². The van der Waals surface area contributed by atoms with Gasteiger partial charge in [-0.1, -0.05) is 0 Å². The zero-order valence-electron chi connectivity index (χ0n) is 11.0. The zero-order valence-corrected chi connectivity index (χ0v) is 11.0. The zero-order chi connectivity index (χ0) is 13.5. The van der Waals surface area contributed by atoms with E-state index in [1.807, 2.05) is 0 Å². The molecule has 0 fully saturated rings.